The molecule has 1 aliphatic heterocycles. The average Bonchev–Trinajstić information content (AvgIpc) is 2.68. The Labute approximate surface area is 113 Å². The summed E-state index contributed by atoms with van der Waals surface area (Å²) in [4.78, 5) is 14.9. The summed E-state index contributed by atoms with van der Waals surface area (Å²) in [6.45, 7) is 5.49. The van der Waals surface area contributed by atoms with Crippen LogP contribution in [0.3, 0.4) is 0 Å². The highest BCUT2D eigenvalue weighted by molar-refractivity contribution is 9.09. The lowest BCUT2D eigenvalue weighted by Gasteiger charge is -2.39. The second-order valence-electron chi connectivity index (χ2n) is 6.27. The van der Waals surface area contributed by atoms with Gasteiger partial charge in [-0.2, -0.15) is 0 Å². The Morgan fingerprint density at radius 3 is 2.65 bits per heavy atom. The molecule has 0 aromatic rings. The first kappa shape index (κ1) is 13.4. The molecule has 0 aromatic heterocycles. The normalized spacial score (nSPS) is 32.8. The second-order valence-corrected chi connectivity index (χ2v) is 6.92. The average molecular weight is 302 g/mol. The van der Waals surface area contributed by atoms with Gasteiger partial charge in [0.25, 0.3) is 0 Å². The molecule has 0 spiro atoms. The van der Waals surface area contributed by atoms with Crippen molar-refractivity contribution >= 4 is 21.8 Å². The molecule has 1 saturated heterocycles. The molecule has 1 heterocycles. The smallest absolute Gasteiger partial charge is 0.226 e. The highest BCUT2D eigenvalue weighted by atomic mass is 79.9. The number of halogens is 1. The Kier molecular flexibility index (Phi) is 4.17. The van der Waals surface area contributed by atoms with Crippen molar-refractivity contribution < 1.29 is 4.79 Å². The van der Waals surface area contributed by atoms with Crippen LogP contribution in [-0.4, -0.2) is 28.7 Å². The van der Waals surface area contributed by atoms with Crippen molar-refractivity contribution in [1.82, 2.24) is 4.90 Å². The summed E-state index contributed by atoms with van der Waals surface area (Å²) in [6.07, 6.45) is 7.14. The fourth-order valence-corrected chi connectivity index (χ4v) is 4.11. The molecule has 1 saturated carbocycles. The maximum atomic E-state index is 12.7. The van der Waals surface area contributed by atoms with E-state index in [-0.39, 0.29) is 11.3 Å². The van der Waals surface area contributed by atoms with Gasteiger partial charge in [0, 0.05) is 23.8 Å². The lowest BCUT2D eigenvalue weighted by atomic mass is 9.80. The molecule has 2 rings (SSSR count). The van der Waals surface area contributed by atoms with Gasteiger partial charge in [0.2, 0.25) is 5.91 Å². The third-order valence-corrected chi connectivity index (χ3v) is 5.39. The number of hydrogen-bond acceptors (Lipinski definition) is 1. The highest BCUT2D eigenvalue weighted by Gasteiger charge is 2.42. The lowest BCUT2D eigenvalue weighted by Crippen LogP contribution is -2.49. The third-order valence-electron chi connectivity index (χ3n) is 4.64. The van der Waals surface area contributed by atoms with Crippen LogP contribution in [0.5, 0.6) is 0 Å². The molecule has 2 nitrogen and oxygen atoms in total. The zero-order valence-corrected chi connectivity index (χ0v) is 12.6. The molecule has 3 heteroatoms. The Bertz CT molecular complexity index is 290. The van der Waals surface area contributed by atoms with Gasteiger partial charge in [0.15, 0.2) is 0 Å². The Morgan fingerprint density at radius 2 is 2.06 bits per heavy atom. The van der Waals surface area contributed by atoms with Crippen LogP contribution in [0.1, 0.15) is 52.4 Å². The number of nitrogens with zero attached hydrogens (tertiary/aromatic N) is 1. The molecule has 2 fully saturated rings. The largest absolute Gasteiger partial charge is 0.339 e. The quantitative estimate of drug-likeness (QED) is 0.714. The first-order valence-electron chi connectivity index (χ1n) is 6.93. The van der Waals surface area contributed by atoms with E-state index in [9.17, 15) is 4.79 Å². The molecular weight excluding hydrogens is 278 g/mol. The van der Waals surface area contributed by atoms with Gasteiger partial charge in [-0.05, 0) is 37.5 Å². The number of hydrogen-bond donors (Lipinski definition) is 0. The van der Waals surface area contributed by atoms with Crippen LogP contribution >= 0.6 is 15.9 Å². The summed E-state index contributed by atoms with van der Waals surface area (Å²) in [6, 6.07) is 0.438. The summed E-state index contributed by atoms with van der Waals surface area (Å²) in [5.41, 5.74) is 0.214. The van der Waals surface area contributed by atoms with Crippen LogP contribution in [0.2, 0.25) is 0 Å². The van der Waals surface area contributed by atoms with E-state index in [0.29, 0.717) is 11.9 Å². The molecule has 0 N–H and O–H groups in total. The summed E-state index contributed by atoms with van der Waals surface area (Å²) in [5, 5.41) is 0.936. The van der Waals surface area contributed by atoms with E-state index in [1.165, 1.54) is 32.1 Å². The Hall–Kier alpha value is -0.0500. The van der Waals surface area contributed by atoms with Gasteiger partial charge in [-0.15, -0.1) is 0 Å². The molecular formula is C14H24BrNO. The Morgan fingerprint density at radius 1 is 1.29 bits per heavy atom. The molecule has 2 aliphatic rings. The first-order valence-corrected chi connectivity index (χ1v) is 8.05. The van der Waals surface area contributed by atoms with Crippen LogP contribution in [0, 0.1) is 11.3 Å². The zero-order valence-electron chi connectivity index (χ0n) is 11.0. The number of carbonyl (C=O) groups excluding carboxylic acids is 1. The molecule has 2 atom stereocenters. The fourth-order valence-electron chi connectivity index (χ4n) is 3.44. The molecule has 1 amide bonds. The van der Waals surface area contributed by atoms with E-state index >= 15 is 0 Å². The predicted octanol–water partition coefficient (Wildman–Crippen LogP) is 3.59. The lowest BCUT2D eigenvalue weighted by molar-refractivity contribution is -0.141. The minimum absolute atomic E-state index is 0.214. The third kappa shape index (κ3) is 2.69. The van der Waals surface area contributed by atoms with Crippen molar-refractivity contribution in [2.45, 2.75) is 58.4 Å². The van der Waals surface area contributed by atoms with Crippen molar-refractivity contribution in [3.8, 4) is 0 Å². The van der Waals surface area contributed by atoms with Gasteiger partial charge in [-0.25, -0.2) is 0 Å². The van der Waals surface area contributed by atoms with Gasteiger partial charge >= 0.3 is 0 Å². The Balaban J connectivity index is 2.07. The number of carbonyl (C=O) groups is 1. The van der Waals surface area contributed by atoms with Crippen LogP contribution in [0.15, 0.2) is 0 Å². The van der Waals surface area contributed by atoms with Crippen molar-refractivity contribution in [3.63, 3.8) is 0 Å². The fraction of sp³-hybridized carbons (Fsp3) is 0.929. The predicted molar refractivity (Wildman–Crippen MR) is 74.3 cm³/mol. The van der Waals surface area contributed by atoms with E-state index in [1.807, 2.05) is 0 Å². The van der Waals surface area contributed by atoms with Gasteiger partial charge in [0.05, 0.1) is 0 Å². The maximum Gasteiger partial charge on any atom is 0.226 e. The van der Waals surface area contributed by atoms with Crippen LogP contribution in [-0.2, 0) is 4.79 Å². The molecule has 1 aliphatic carbocycles. The van der Waals surface area contributed by atoms with Gasteiger partial charge in [-0.1, -0.05) is 36.2 Å². The molecule has 0 aromatic carbocycles. The number of piperidine rings is 1. The van der Waals surface area contributed by atoms with Gasteiger partial charge in [0.1, 0.15) is 0 Å². The summed E-state index contributed by atoms with van der Waals surface area (Å²) >= 11 is 3.56. The van der Waals surface area contributed by atoms with E-state index in [4.69, 9.17) is 0 Å². The highest BCUT2D eigenvalue weighted by Crippen LogP contribution is 2.44. The molecule has 0 radical (unpaired) electrons. The van der Waals surface area contributed by atoms with E-state index in [0.717, 1.165) is 18.3 Å². The van der Waals surface area contributed by atoms with Crippen LogP contribution in [0.4, 0.5) is 0 Å². The summed E-state index contributed by atoms with van der Waals surface area (Å²) < 4.78 is 0. The van der Waals surface area contributed by atoms with E-state index in [2.05, 4.69) is 34.7 Å². The van der Waals surface area contributed by atoms with Crippen LogP contribution in [0.25, 0.3) is 0 Å². The van der Waals surface area contributed by atoms with Gasteiger partial charge < -0.3 is 4.90 Å². The number of rotatable bonds is 2. The summed E-state index contributed by atoms with van der Waals surface area (Å²) in [7, 11) is 0. The number of likely N-dealkylation sites (tertiary alicyclic amines) is 1. The molecule has 98 valence electrons. The van der Waals surface area contributed by atoms with E-state index in [1.54, 1.807) is 0 Å². The molecule has 17 heavy (non-hydrogen) atoms. The van der Waals surface area contributed by atoms with Crippen molar-refractivity contribution in [3.05, 3.63) is 0 Å². The minimum atomic E-state index is 0.214. The van der Waals surface area contributed by atoms with Crippen molar-refractivity contribution in [2.24, 2.45) is 11.3 Å². The molecule has 0 bridgehead atoms. The number of amides is 1. The number of alkyl halides is 1. The first-order chi connectivity index (χ1) is 8.06. The monoisotopic (exact) mass is 301 g/mol. The minimum Gasteiger partial charge on any atom is -0.339 e. The second kappa shape index (κ2) is 5.29. The maximum absolute atomic E-state index is 12.7. The van der Waals surface area contributed by atoms with Crippen LogP contribution < -0.4 is 0 Å². The zero-order chi connectivity index (χ0) is 12.5. The topological polar surface area (TPSA) is 20.3 Å². The molecule has 2 unspecified atom stereocenters. The van der Waals surface area contributed by atoms with Crippen molar-refractivity contribution in [1.29, 1.82) is 0 Å². The SMILES string of the molecule is CC1(C)CCCC1C(=O)N1CCCCC1CBr. The summed E-state index contributed by atoms with van der Waals surface area (Å²) in [5.74, 6) is 0.693. The van der Waals surface area contributed by atoms with E-state index < -0.39 is 0 Å². The van der Waals surface area contributed by atoms with Crippen molar-refractivity contribution in [2.75, 3.05) is 11.9 Å². The van der Waals surface area contributed by atoms with Gasteiger partial charge in [-0.3, -0.25) is 4.79 Å². The standard InChI is InChI=1S/C14H24BrNO/c1-14(2)8-5-7-12(14)13(17)16-9-4-3-6-11(16)10-15/h11-12H,3-10H2,1-2H3.